The van der Waals surface area contributed by atoms with Gasteiger partial charge in [0, 0.05) is 12.0 Å². The quantitative estimate of drug-likeness (QED) is 0.849. The van der Waals surface area contributed by atoms with Gasteiger partial charge in [-0.05, 0) is 17.8 Å². The van der Waals surface area contributed by atoms with E-state index in [4.69, 9.17) is 5.11 Å². The molecule has 0 spiro atoms. The van der Waals surface area contributed by atoms with Gasteiger partial charge in [-0.15, -0.1) is 0 Å². The van der Waals surface area contributed by atoms with Crippen LogP contribution in [0.2, 0.25) is 0 Å². The molecule has 0 saturated heterocycles. The molecule has 1 aromatic carbocycles. The summed E-state index contributed by atoms with van der Waals surface area (Å²) in [6.45, 7) is 3.27. The van der Waals surface area contributed by atoms with E-state index in [-0.39, 0.29) is 15.9 Å². The van der Waals surface area contributed by atoms with Gasteiger partial charge < -0.3 is 5.11 Å². The maximum Gasteiger partial charge on any atom is 0.338 e. The summed E-state index contributed by atoms with van der Waals surface area (Å²) in [5, 5.41) is 8.35. The molecule has 1 rings (SSSR count). The molecule has 92 valence electrons. The predicted molar refractivity (Wildman–Crippen MR) is 59.0 cm³/mol. The minimum atomic E-state index is -1.50. The Kier molecular flexibility index (Phi) is 4.22. The number of hydrogen-bond donors (Lipinski definition) is 1. The Balaban J connectivity index is 3.12. The van der Waals surface area contributed by atoms with Crippen molar-refractivity contribution in [2.45, 2.75) is 18.7 Å². The van der Waals surface area contributed by atoms with Gasteiger partial charge in [0.15, 0.2) is 5.12 Å². The number of carbonyl (C=O) groups is 2. The summed E-state index contributed by atoms with van der Waals surface area (Å²) in [7, 11) is 0. The molecule has 1 aromatic rings. The van der Waals surface area contributed by atoms with Gasteiger partial charge in [0.1, 0.15) is 11.6 Å². The third kappa shape index (κ3) is 3.26. The summed E-state index contributed by atoms with van der Waals surface area (Å²) in [6, 6.07) is 1.30. The predicted octanol–water partition coefficient (Wildman–Crippen LogP) is 2.94. The second-order valence-electron chi connectivity index (χ2n) is 3.64. The lowest BCUT2D eigenvalue weighted by atomic mass is 10.2. The van der Waals surface area contributed by atoms with Crippen LogP contribution in [-0.2, 0) is 4.79 Å². The van der Waals surface area contributed by atoms with E-state index in [0.717, 1.165) is 6.07 Å². The van der Waals surface area contributed by atoms with Crippen molar-refractivity contribution in [3.8, 4) is 0 Å². The maximum absolute atomic E-state index is 13.3. The molecule has 0 aromatic heterocycles. The van der Waals surface area contributed by atoms with Gasteiger partial charge in [-0.25, -0.2) is 13.6 Å². The van der Waals surface area contributed by atoms with Crippen LogP contribution in [-0.4, -0.2) is 16.2 Å². The van der Waals surface area contributed by atoms with Gasteiger partial charge in [0.05, 0.1) is 10.5 Å². The van der Waals surface area contributed by atoms with Crippen molar-refractivity contribution in [2.24, 2.45) is 5.92 Å². The first kappa shape index (κ1) is 13.6. The SMILES string of the molecule is CC(C)C(=O)Sc1cc(C(=O)O)c(F)cc1F. The molecule has 1 N–H and O–H groups in total. The number of thioether (sulfide) groups is 1. The molecular formula is C11H10F2O3S. The Hall–Kier alpha value is -1.43. The number of carboxylic acids is 1. The summed E-state index contributed by atoms with van der Waals surface area (Å²) < 4.78 is 26.4. The Bertz CT molecular complexity index is 472. The van der Waals surface area contributed by atoms with Crippen LogP contribution in [0.1, 0.15) is 24.2 Å². The van der Waals surface area contributed by atoms with Crippen LogP contribution in [0.3, 0.4) is 0 Å². The van der Waals surface area contributed by atoms with Crippen molar-refractivity contribution in [1.29, 1.82) is 0 Å². The van der Waals surface area contributed by atoms with E-state index in [1.165, 1.54) is 0 Å². The average Bonchev–Trinajstić information content (AvgIpc) is 2.21. The molecule has 0 atom stereocenters. The van der Waals surface area contributed by atoms with Crippen molar-refractivity contribution in [1.82, 2.24) is 0 Å². The third-order valence-corrected chi connectivity index (χ3v) is 3.14. The number of benzene rings is 1. The minimum Gasteiger partial charge on any atom is -0.478 e. The zero-order valence-electron chi connectivity index (χ0n) is 9.16. The lowest BCUT2D eigenvalue weighted by Crippen LogP contribution is -2.05. The molecule has 0 heterocycles. The van der Waals surface area contributed by atoms with Crippen LogP contribution >= 0.6 is 11.8 Å². The fourth-order valence-electron chi connectivity index (χ4n) is 0.997. The molecule has 0 unspecified atom stereocenters. The lowest BCUT2D eigenvalue weighted by Gasteiger charge is -2.06. The Morgan fingerprint density at radius 3 is 2.29 bits per heavy atom. The van der Waals surface area contributed by atoms with E-state index in [0.29, 0.717) is 17.8 Å². The molecule has 0 aliphatic carbocycles. The van der Waals surface area contributed by atoms with Crippen molar-refractivity contribution < 1.29 is 23.5 Å². The minimum absolute atomic E-state index is 0.178. The molecule has 6 heteroatoms. The average molecular weight is 260 g/mol. The number of carboxylic acid groups (broad SMARTS) is 1. The summed E-state index contributed by atoms with van der Waals surface area (Å²) in [6.07, 6.45) is 0. The maximum atomic E-state index is 13.3. The first-order valence-corrected chi connectivity index (χ1v) is 5.58. The summed E-state index contributed by atoms with van der Waals surface area (Å²) in [4.78, 5) is 21.9. The first-order chi connectivity index (χ1) is 7.82. The zero-order valence-corrected chi connectivity index (χ0v) is 9.98. The number of halogens is 2. The molecule has 0 aliphatic heterocycles. The monoisotopic (exact) mass is 260 g/mol. The largest absolute Gasteiger partial charge is 0.478 e. The topological polar surface area (TPSA) is 54.4 Å². The van der Waals surface area contributed by atoms with Crippen LogP contribution < -0.4 is 0 Å². The molecule has 0 fully saturated rings. The van der Waals surface area contributed by atoms with Gasteiger partial charge in [-0.2, -0.15) is 0 Å². The van der Waals surface area contributed by atoms with Crippen molar-refractivity contribution in [3.05, 3.63) is 29.3 Å². The smallest absolute Gasteiger partial charge is 0.338 e. The second kappa shape index (κ2) is 5.27. The fourth-order valence-corrected chi connectivity index (χ4v) is 1.78. The highest BCUT2D eigenvalue weighted by Gasteiger charge is 2.18. The molecule has 0 radical (unpaired) electrons. The normalized spacial score (nSPS) is 10.6. The van der Waals surface area contributed by atoms with Crippen LogP contribution in [0, 0.1) is 17.6 Å². The van der Waals surface area contributed by atoms with Gasteiger partial charge >= 0.3 is 5.97 Å². The number of hydrogen-bond acceptors (Lipinski definition) is 3. The van der Waals surface area contributed by atoms with E-state index in [2.05, 4.69) is 0 Å². The lowest BCUT2D eigenvalue weighted by molar-refractivity contribution is -0.113. The van der Waals surface area contributed by atoms with E-state index in [1.54, 1.807) is 13.8 Å². The molecule has 17 heavy (non-hydrogen) atoms. The molecule has 0 aliphatic rings. The van der Waals surface area contributed by atoms with Crippen molar-refractivity contribution >= 4 is 22.8 Å². The van der Waals surface area contributed by atoms with Crippen LogP contribution in [0.4, 0.5) is 8.78 Å². The summed E-state index contributed by atoms with van der Waals surface area (Å²) in [5.74, 6) is -3.91. The van der Waals surface area contributed by atoms with Crippen molar-refractivity contribution in [2.75, 3.05) is 0 Å². The van der Waals surface area contributed by atoms with Gasteiger partial charge in [0.25, 0.3) is 0 Å². The molecule has 0 amide bonds. The van der Waals surface area contributed by atoms with Crippen LogP contribution in [0.5, 0.6) is 0 Å². The highest BCUT2D eigenvalue weighted by Crippen LogP contribution is 2.27. The van der Waals surface area contributed by atoms with Gasteiger partial charge in [0.2, 0.25) is 0 Å². The van der Waals surface area contributed by atoms with E-state index < -0.39 is 23.2 Å². The highest BCUT2D eigenvalue weighted by atomic mass is 32.2. The van der Waals surface area contributed by atoms with E-state index in [9.17, 15) is 18.4 Å². The van der Waals surface area contributed by atoms with Gasteiger partial charge in [-0.1, -0.05) is 13.8 Å². The standard InChI is InChI=1S/C11H10F2O3S/c1-5(2)11(16)17-9-3-6(10(14)15)7(12)4-8(9)13/h3-5H,1-2H3,(H,14,15). The highest BCUT2D eigenvalue weighted by molar-refractivity contribution is 8.13. The number of aromatic carboxylic acids is 1. The molecule has 3 nitrogen and oxygen atoms in total. The zero-order chi connectivity index (χ0) is 13.2. The fraction of sp³-hybridized carbons (Fsp3) is 0.273. The van der Waals surface area contributed by atoms with E-state index >= 15 is 0 Å². The third-order valence-electron chi connectivity index (χ3n) is 1.93. The Labute approximate surface area is 101 Å². The number of carbonyl (C=O) groups excluding carboxylic acids is 1. The summed E-state index contributed by atoms with van der Waals surface area (Å²) in [5.41, 5.74) is -0.648. The van der Waals surface area contributed by atoms with Gasteiger partial charge in [-0.3, -0.25) is 4.79 Å². The molecule has 0 bridgehead atoms. The molecule has 0 saturated carbocycles. The van der Waals surface area contributed by atoms with Crippen LogP contribution in [0.15, 0.2) is 17.0 Å². The molecular weight excluding hydrogens is 250 g/mol. The van der Waals surface area contributed by atoms with Crippen molar-refractivity contribution in [3.63, 3.8) is 0 Å². The second-order valence-corrected chi connectivity index (χ2v) is 4.69. The van der Waals surface area contributed by atoms with Crippen LogP contribution in [0.25, 0.3) is 0 Å². The Morgan fingerprint density at radius 2 is 1.82 bits per heavy atom. The Morgan fingerprint density at radius 1 is 1.24 bits per heavy atom. The summed E-state index contributed by atoms with van der Waals surface area (Å²) >= 11 is 0.575. The van der Waals surface area contributed by atoms with E-state index in [1.807, 2.05) is 0 Å². The number of rotatable bonds is 3. The first-order valence-electron chi connectivity index (χ1n) is 4.77.